The molecule has 0 unspecified atom stereocenters. The molecule has 2 rings (SSSR count). The highest BCUT2D eigenvalue weighted by Crippen LogP contribution is 1.99. The van der Waals surface area contributed by atoms with Crippen LogP contribution < -0.4 is 5.32 Å². The van der Waals surface area contributed by atoms with Gasteiger partial charge in [-0.2, -0.15) is 0 Å². The Morgan fingerprint density at radius 3 is 3.13 bits per heavy atom. The van der Waals surface area contributed by atoms with E-state index in [-0.39, 0.29) is 0 Å². The summed E-state index contributed by atoms with van der Waals surface area (Å²) >= 11 is 0. The monoisotopic (exact) mass is 205 g/mol. The van der Waals surface area contributed by atoms with Crippen molar-refractivity contribution in [3.8, 4) is 0 Å². The van der Waals surface area contributed by atoms with Crippen LogP contribution in [-0.2, 0) is 20.0 Å². The molecule has 0 saturated heterocycles. The molecule has 0 saturated carbocycles. The number of hydrogen-bond acceptors (Lipinski definition) is 3. The summed E-state index contributed by atoms with van der Waals surface area (Å²) in [6.45, 7) is 1.68. The second-order valence-electron chi connectivity index (χ2n) is 3.46. The minimum Gasteiger partial charge on any atom is -0.468 e. The second kappa shape index (κ2) is 4.79. The molecule has 4 nitrogen and oxygen atoms in total. The fourth-order valence-electron chi connectivity index (χ4n) is 1.46. The minimum atomic E-state index is 0.775. The lowest BCUT2D eigenvalue weighted by molar-refractivity contribution is 0.482. The van der Waals surface area contributed by atoms with Crippen LogP contribution in [-0.4, -0.2) is 16.1 Å². The number of rotatable bonds is 5. The summed E-state index contributed by atoms with van der Waals surface area (Å²) in [7, 11) is 2.01. The molecule has 2 aromatic heterocycles. The van der Waals surface area contributed by atoms with Crippen molar-refractivity contribution >= 4 is 0 Å². The van der Waals surface area contributed by atoms with Gasteiger partial charge in [-0.05, 0) is 12.1 Å². The summed E-state index contributed by atoms with van der Waals surface area (Å²) in [5.41, 5.74) is 0. The zero-order valence-electron chi connectivity index (χ0n) is 8.81. The van der Waals surface area contributed by atoms with Gasteiger partial charge in [-0.3, -0.25) is 0 Å². The Bertz CT molecular complexity index is 392. The molecule has 0 fully saturated rings. The van der Waals surface area contributed by atoms with Crippen molar-refractivity contribution in [1.29, 1.82) is 0 Å². The molecular formula is C11H15N3O. The van der Waals surface area contributed by atoms with E-state index in [4.69, 9.17) is 4.42 Å². The maximum Gasteiger partial charge on any atom is 0.117 e. The van der Waals surface area contributed by atoms with Crippen LogP contribution in [0.1, 0.15) is 11.6 Å². The van der Waals surface area contributed by atoms with E-state index in [1.807, 2.05) is 36.1 Å². The average Bonchev–Trinajstić information content (AvgIpc) is 2.85. The van der Waals surface area contributed by atoms with Gasteiger partial charge < -0.3 is 14.3 Å². The number of aryl methyl sites for hydroxylation is 1. The van der Waals surface area contributed by atoms with Crippen LogP contribution in [0.3, 0.4) is 0 Å². The van der Waals surface area contributed by atoms with E-state index < -0.39 is 0 Å². The molecule has 0 aromatic carbocycles. The predicted molar refractivity (Wildman–Crippen MR) is 57.3 cm³/mol. The molecule has 0 bridgehead atoms. The largest absolute Gasteiger partial charge is 0.468 e. The van der Waals surface area contributed by atoms with Gasteiger partial charge in [0.1, 0.15) is 11.6 Å². The highest BCUT2D eigenvalue weighted by molar-refractivity contribution is 4.97. The van der Waals surface area contributed by atoms with E-state index in [9.17, 15) is 0 Å². The van der Waals surface area contributed by atoms with Crippen molar-refractivity contribution in [1.82, 2.24) is 14.9 Å². The molecule has 1 N–H and O–H groups in total. The van der Waals surface area contributed by atoms with Gasteiger partial charge in [-0.25, -0.2) is 4.98 Å². The van der Waals surface area contributed by atoms with Crippen LogP contribution in [0.15, 0.2) is 35.2 Å². The molecule has 0 spiro atoms. The van der Waals surface area contributed by atoms with Crippen molar-refractivity contribution in [2.24, 2.45) is 7.05 Å². The third kappa shape index (κ3) is 2.70. The van der Waals surface area contributed by atoms with E-state index in [1.54, 1.807) is 6.26 Å². The summed E-state index contributed by atoms with van der Waals surface area (Å²) < 4.78 is 7.25. The van der Waals surface area contributed by atoms with E-state index in [0.717, 1.165) is 31.1 Å². The maximum absolute atomic E-state index is 5.21. The Balaban J connectivity index is 1.70. The maximum atomic E-state index is 5.21. The summed E-state index contributed by atoms with van der Waals surface area (Å²) in [4.78, 5) is 4.25. The fourth-order valence-corrected chi connectivity index (χ4v) is 1.46. The fraction of sp³-hybridized carbons (Fsp3) is 0.364. The van der Waals surface area contributed by atoms with Gasteiger partial charge in [-0.15, -0.1) is 0 Å². The highest BCUT2D eigenvalue weighted by atomic mass is 16.3. The first-order chi connectivity index (χ1) is 7.36. The highest BCUT2D eigenvalue weighted by Gasteiger charge is 1.99. The van der Waals surface area contributed by atoms with Gasteiger partial charge >= 0.3 is 0 Å². The first-order valence-electron chi connectivity index (χ1n) is 5.05. The first-order valence-corrected chi connectivity index (χ1v) is 5.05. The van der Waals surface area contributed by atoms with Crippen LogP contribution in [0, 0.1) is 0 Å². The molecule has 0 atom stereocenters. The Morgan fingerprint density at radius 2 is 2.47 bits per heavy atom. The molecule has 2 aromatic rings. The van der Waals surface area contributed by atoms with Crippen molar-refractivity contribution < 1.29 is 4.42 Å². The zero-order valence-corrected chi connectivity index (χ0v) is 8.81. The Labute approximate surface area is 88.9 Å². The quantitative estimate of drug-likeness (QED) is 0.749. The standard InChI is InChI=1S/C11H15N3O/c1-14-7-6-13-11(14)4-5-12-9-10-3-2-8-15-10/h2-3,6-8,12H,4-5,9H2,1H3. The van der Waals surface area contributed by atoms with E-state index in [1.165, 1.54) is 0 Å². The van der Waals surface area contributed by atoms with Crippen LogP contribution >= 0.6 is 0 Å². The lowest BCUT2D eigenvalue weighted by Gasteiger charge is -2.02. The predicted octanol–water partition coefficient (Wildman–Crippen LogP) is 1.35. The Kier molecular flexibility index (Phi) is 3.19. The van der Waals surface area contributed by atoms with E-state index in [2.05, 4.69) is 10.3 Å². The van der Waals surface area contributed by atoms with Gasteiger partial charge in [-0.1, -0.05) is 0 Å². The van der Waals surface area contributed by atoms with Crippen molar-refractivity contribution in [3.05, 3.63) is 42.4 Å². The van der Waals surface area contributed by atoms with Crippen molar-refractivity contribution in [2.45, 2.75) is 13.0 Å². The van der Waals surface area contributed by atoms with Crippen LogP contribution in [0.4, 0.5) is 0 Å². The number of furan rings is 1. The topological polar surface area (TPSA) is 43.0 Å². The van der Waals surface area contributed by atoms with Crippen molar-refractivity contribution in [3.63, 3.8) is 0 Å². The molecule has 0 aliphatic rings. The second-order valence-corrected chi connectivity index (χ2v) is 3.46. The molecule has 2 heterocycles. The molecule has 0 aliphatic heterocycles. The third-order valence-electron chi connectivity index (χ3n) is 2.33. The van der Waals surface area contributed by atoms with Crippen molar-refractivity contribution in [2.75, 3.05) is 6.54 Å². The van der Waals surface area contributed by atoms with Gasteiger partial charge in [0.05, 0.1) is 12.8 Å². The molecule has 0 amide bonds. The SMILES string of the molecule is Cn1ccnc1CCNCc1ccco1. The number of nitrogens with zero attached hydrogens (tertiary/aromatic N) is 2. The number of hydrogen-bond donors (Lipinski definition) is 1. The first kappa shape index (κ1) is 9.98. The van der Waals surface area contributed by atoms with Gasteiger partial charge in [0, 0.05) is 32.4 Å². The summed E-state index contributed by atoms with van der Waals surface area (Å²) in [5, 5.41) is 3.31. The normalized spacial score (nSPS) is 10.7. The molecule has 4 heteroatoms. The molecule has 80 valence electrons. The van der Waals surface area contributed by atoms with Gasteiger partial charge in [0.15, 0.2) is 0 Å². The molecular weight excluding hydrogens is 190 g/mol. The van der Waals surface area contributed by atoms with E-state index >= 15 is 0 Å². The molecule has 15 heavy (non-hydrogen) atoms. The zero-order chi connectivity index (χ0) is 10.5. The lowest BCUT2D eigenvalue weighted by Crippen LogP contribution is -2.17. The van der Waals surface area contributed by atoms with Crippen LogP contribution in [0.25, 0.3) is 0 Å². The van der Waals surface area contributed by atoms with Crippen LogP contribution in [0.2, 0.25) is 0 Å². The number of nitrogens with one attached hydrogen (secondary N) is 1. The number of imidazole rings is 1. The number of aromatic nitrogens is 2. The van der Waals surface area contributed by atoms with Gasteiger partial charge in [0.25, 0.3) is 0 Å². The average molecular weight is 205 g/mol. The molecule has 0 aliphatic carbocycles. The lowest BCUT2D eigenvalue weighted by atomic mass is 10.4. The minimum absolute atomic E-state index is 0.775. The smallest absolute Gasteiger partial charge is 0.117 e. The molecule has 0 radical (unpaired) electrons. The summed E-state index contributed by atoms with van der Waals surface area (Å²) in [6, 6.07) is 3.86. The van der Waals surface area contributed by atoms with Crippen LogP contribution in [0.5, 0.6) is 0 Å². The summed E-state index contributed by atoms with van der Waals surface area (Å²) in [6.07, 6.45) is 6.41. The third-order valence-corrected chi connectivity index (χ3v) is 2.33. The Morgan fingerprint density at radius 1 is 1.53 bits per heavy atom. The van der Waals surface area contributed by atoms with Gasteiger partial charge in [0.2, 0.25) is 0 Å². The van der Waals surface area contributed by atoms with E-state index in [0.29, 0.717) is 0 Å². The summed E-state index contributed by atoms with van der Waals surface area (Å²) in [5.74, 6) is 2.07. The Hall–Kier alpha value is -1.55.